The van der Waals surface area contributed by atoms with Gasteiger partial charge in [-0.1, -0.05) is 6.08 Å². The average molecular weight is 606 g/mol. The minimum atomic E-state index is -1.04. The molecule has 2 bridgehead atoms. The number of esters is 1. The molecule has 232 valence electrons. The molecular weight excluding hydrogens is 570 g/mol. The fourth-order valence-corrected chi connectivity index (χ4v) is 7.47. The lowest BCUT2D eigenvalue weighted by Crippen LogP contribution is -2.77. The smallest absolute Gasteiger partial charge is 0.333 e. The Labute approximate surface area is 255 Å². The summed E-state index contributed by atoms with van der Waals surface area (Å²) in [6.45, 7) is 5.94. The van der Waals surface area contributed by atoms with E-state index < -0.39 is 65.4 Å². The van der Waals surface area contributed by atoms with E-state index in [0.29, 0.717) is 5.57 Å². The Hall–Kier alpha value is -4.18. The molecular formula is C32H35N3O9. The molecule has 5 rings (SSSR count). The Morgan fingerprint density at radius 2 is 1.55 bits per heavy atom. The number of hydrogen-bond acceptors (Lipinski definition) is 12. The van der Waals surface area contributed by atoms with Crippen molar-refractivity contribution in [2.24, 2.45) is 0 Å². The molecule has 0 radical (unpaired) electrons. The van der Waals surface area contributed by atoms with Crippen LogP contribution in [-0.2, 0) is 42.9 Å². The SMILES string of the molecule is CC=C(C)C(=O)OC[C@H]1C2=C(C[C@H]3[C@H]4C5=C(C(=O)C(C)=C(OC)C5=O)[C@H](OC)[C@@H]([C@H](C#N)N13)N4C)C(=O)C(C)=C(OC)C2=O. The van der Waals surface area contributed by atoms with Crippen LogP contribution >= 0.6 is 0 Å². The van der Waals surface area contributed by atoms with E-state index in [1.165, 1.54) is 35.2 Å². The number of Topliss-reactive ketones (excluding diaryl/α,β-unsaturated/α-hetero) is 4. The first-order valence-electron chi connectivity index (χ1n) is 14.3. The van der Waals surface area contributed by atoms with E-state index >= 15 is 0 Å². The predicted octanol–water partition coefficient (Wildman–Crippen LogP) is 1.28. The lowest BCUT2D eigenvalue weighted by molar-refractivity contribution is -0.146. The van der Waals surface area contributed by atoms with Gasteiger partial charge in [-0.25, -0.2) is 4.79 Å². The van der Waals surface area contributed by atoms with Crippen molar-refractivity contribution >= 4 is 29.1 Å². The third-order valence-corrected chi connectivity index (χ3v) is 9.62. The molecule has 3 heterocycles. The Balaban J connectivity index is 1.75. The lowest BCUT2D eigenvalue weighted by Gasteiger charge is -2.61. The second-order valence-electron chi connectivity index (χ2n) is 11.5. The van der Waals surface area contributed by atoms with E-state index in [1.807, 2.05) is 4.90 Å². The fourth-order valence-electron chi connectivity index (χ4n) is 7.47. The number of hydrogen-bond donors (Lipinski definition) is 0. The number of nitrogens with zero attached hydrogens (tertiary/aromatic N) is 3. The number of nitriles is 1. The van der Waals surface area contributed by atoms with Crippen LogP contribution in [0, 0.1) is 11.3 Å². The minimum absolute atomic E-state index is 0.00655. The van der Waals surface area contributed by atoms with Crippen LogP contribution < -0.4 is 0 Å². The van der Waals surface area contributed by atoms with E-state index in [-0.39, 0.29) is 58.0 Å². The number of ether oxygens (including phenoxy) is 4. The number of methoxy groups -OCH3 is 3. The first kappa shape index (κ1) is 31.3. The van der Waals surface area contributed by atoms with Gasteiger partial charge in [-0.05, 0) is 41.2 Å². The van der Waals surface area contributed by atoms with Gasteiger partial charge in [-0.15, -0.1) is 0 Å². The highest BCUT2D eigenvalue weighted by molar-refractivity contribution is 6.26. The molecule has 0 amide bonds. The van der Waals surface area contributed by atoms with Gasteiger partial charge in [0, 0.05) is 52.2 Å². The monoisotopic (exact) mass is 605 g/mol. The second-order valence-corrected chi connectivity index (χ2v) is 11.5. The standard InChI is InChI=1S/C32H35N3O9/c1-9-13(2)32(40)44-12-19-20-16(25(36)14(3)29(41-6)27(20)38)10-17-23-21-22(26(37)15(4)30(42-7)28(21)39)31(43-8)24(34(23)5)18(11-33)35(17)19/h9,17-19,23-24,31H,10,12H2,1-8H3/t17-,18-,19-,23-,24+,31-/m0/s1. The van der Waals surface area contributed by atoms with Gasteiger partial charge in [0.05, 0.1) is 38.4 Å². The largest absolute Gasteiger partial charge is 0.492 e. The van der Waals surface area contributed by atoms with Gasteiger partial charge in [0.2, 0.25) is 11.6 Å². The molecule has 44 heavy (non-hydrogen) atoms. The zero-order valence-electron chi connectivity index (χ0n) is 26.0. The molecule has 12 heteroatoms. The van der Waals surface area contributed by atoms with Crippen LogP contribution in [0.5, 0.6) is 0 Å². The normalized spacial score (nSPS) is 31.1. The summed E-state index contributed by atoms with van der Waals surface area (Å²) in [5, 5.41) is 10.7. The van der Waals surface area contributed by atoms with Crippen molar-refractivity contribution in [1.29, 1.82) is 5.26 Å². The summed E-state index contributed by atoms with van der Waals surface area (Å²) in [5.74, 6) is -2.65. The highest BCUT2D eigenvalue weighted by atomic mass is 16.5. The Morgan fingerprint density at radius 1 is 0.955 bits per heavy atom. The van der Waals surface area contributed by atoms with Crippen molar-refractivity contribution in [2.45, 2.75) is 70.4 Å². The first-order chi connectivity index (χ1) is 20.9. The maximum Gasteiger partial charge on any atom is 0.333 e. The first-order valence-corrected chi connectivity index (χ1v) is 14.3. The molecule has 0 spiro atoms. The lowest BCUT2D eigenvalue weighted by atomic mass is 9.66. The number of piperazine rings is 1. The molecule has 0 N–H and O–H groups in total. The summed E-state index contributed by atoms with van der Waals surface area (Å²) in [6, 6.07) is -1.98. The Morgan fingerprint density at radius 3 is 2.09 bits per heavy atom. The average Bonchev–Trinajstić information content (AvgIpc) is 3.01. The Kier molecular flexibility index (Phi) is 8.09. The van der Waals surface area contributed by atoms with Crippen LogP contribution in [0.25, 0.3) is 0 Å². The molecule has 0 aromatic rings. The highest BCUT2D eigenvalue weighted by Gasteiger charge is 2.62. The zero-order valence-corrected chi connectivity index (χ0v) is 26.0. The third kappa shape index (κ3) is 4.17. The maximum atomic E-state index is 14.0. The minimum Gasteiger partial charge on any atom is -0.492 e. The number of carbonyl (C=O) groups is 5. The summed E-state index contributed by atoms with van der Waals surface area (Å²) in [6.07, 6.45) is 0.601. The van der Waals surface area contributed by atoms with Gasteiger partial charge in [0.1, 0.15) is 18.8 Å². The fraction of sp³-hybridized carbons (Fsp3) is 0.500. The summed E-state index contributed by atoms with van der Waals surface area (Å²) >= 11 is 0. The van der Waals surface area contributed by atoms with Crippen LogP contribution in [0.4, 0.5) is 0 Å². The predicted molar refractivity (Wildman–Crippen MR) is 153 cm³/mol. The maximum absolute atomic E-state index is 14.0. The zero-order chi connectivity index (χ0) is 32.4. The van der Waals surface area contributed by atoms with Crippen molar-refractivity contribution in [3.8, 4) is 6.07 Å². The van der Waals surface area contributed by atoms with Crippen molar-refractivity contribution in [2.75, 3.05) is 35.0 Å². The molecule has 6 atom stereocenters. The van der Waals surface area contributed by atoms with Gasteiger partial charge in [0.15, 0.2) is 23.1 Å². The van der Waals surface area contributed by atoms with Crippen LogP contribution in [0.3, 0.4) is 0 Å². The van der Waals surface area contributed by atoms with E-state index in [2.05, 4.69) is 6.07 Å². The van der Waals surface area contributed by atoms with Crippen molar-refractivity contribution < 1.29 is 42.9 Å². The number of carbonyl (C=O) groups excluding carboxylic acids is 5. The van der Waals surface area contributed by atoms with Gasteiger partial charge >= 0.3 is 5.97 Å². The molecule has 3 aliphatic heterocycles. The number of likely N-dealkylation sites (N-methyl/N-ethyl adjacent to an activating group) is 1. The molecule has 1 fully saturated rings. The van der Waals surface area contributed by atoms with Gasteiger partial charge < -0.3 is 18.9 Å². The van der Waals surface area contributed by atoms with E-state index in [4.69, 9.17) is 18.9 Å². The van der Waals surface area contributed by atoms with Gasteiger partial charge in [0.25, 0.3) is 0 Å². The molecule has 0 unspecified atom stereocenters. The van der Waals surface area contributed by atoms with Gasteiger partial charge in [-0.3, -0.25) is 29.0 Å². The number of allylic oxidation sites excluding steroid dienone is 5. The molecule has 0 aromatic carbocycles. The van der Waals surface area contributed by atoms with Crippen molar-refractivity contribution in [3.63, 3.8) is 0 Å². The highest BCUT2D eigenvalue weighted by Crippen LogP contribution is 2.49. The quantitative estimate of drug-likeness (QED) is 0.244. The van der Waals surface area contributed by atoms with Crippen LogP contribution in [0.2, 0.25) is 0 Å². The molecule has 0 aromatic heterocycles. The summed E-state index contributed by atoms with van der Waals surface area (Å²) < 4.78 is 22.3. The third-order valence-electron chi connectivity index (χ3n) is 9.62. The molecule has 12 nitrogen and oxygen atoms in total. The van der Waals surface area contributed by atoms with Crippen LogP contribution in [0.15, 0.2) is 56.6 Å². The van der Waals surface area contributed by atoms with Gasteiger partial charge in [-0.2, -0.15) is 5.26 Å². The summed E-state index contributed by atoms with van der Waals surface area (Å²) in [4.78, 5) is 71.9. The molecule has 0 saturated carbocycles. The van der Waals surface area contributed by atoms with Crippen molar-refractivity contribution in [3.05, 3.63) is 56.6 Å². The second kappa shape index (κ2) is 11.4. The number of fused-ring (bicyclic) bond motifs is 5. The molecule has 1 saturated heterocycles. The van der Waals surface area contributed by atoms with E-state index in [0.717, 1.165) is 0 Å². The number of rotatable bonds is 6. The van der Waals surface area contributed by atoms with Crippen LogP contribution in [-0.4, -0.2) is 110 Å². The summed E-state index contributed by atoms with van der Waals surface area (Å²) in [7, 11) is 5.78. The Bertz CT molecular complexity index is 1600. The topological polar surface area (TPSA) is 153 Å². The van der Waals surface area contributed by atoms with E-state index in [9.17, 15) is 29.2 Å². The molecule has 2 aliphatic carbocycles. The van der Waals surface area contributed by atoms with Crippen molar-refractivity contribution in [1.82, 2.24) is 9.80 Å². The summed E-state index contributed by atoms with van der Waals surface area (Å²) in [5.41, 5.74) is 1.24. The van der Waals surface area contributed by atoms with E-state index in [1.54, 1.807) is 31.9 Å². The molecule has 5 aliphatic rings. The van der Waals surface area contributed by atoms with Crippen LogP contribution in [0.1, 0.15) is 34.1 Å². The number of ketones is 4.